The van der Waals surface area contributed by atoms with Gasteiger partial charge < -0.3 is 8.85 Å². The first-order valence-electron chi connectivity index (χ1n) is 6.67. The Labute approximate surface area is 126 Å². The van der Waals surface area contributed by atoms with Crippen molar-refractivity contribution in [2.45, 2.75) is 11.4 Å². The zero-order valence-electron chi connectivity index (χ0n) is 11.9. The summed E-state index contributed by atoms with van der Waals surface area (Å²) in [6.07, 6.45) is 0. The van der Waals surface area contributed by atoms with Gasteiger partial charge in [-0.05, 0) is 23.9 Å². The van der Waals surface area contributed by atoms with Crippen molar-refractivity contribution in [1.82, 2.24) is 0 Å². The van der Waals surface area contributed by atoms with Gasteiger partial charge in [0, 0.05) is 24.4 Å². The Morgan fingerprint density at radius 1 is 0.950 bits per heavy atom. The van der Waals surface area contributed by atoms with Gasteiger partial charge in [0.05, 0.1) is 0 Å². The van der Waals surface area contributed by atoms with Crippen molar-refractivity contribution >= 4 is 25.5 Å². The number of rotatable bonds is 7. The molecule has 0 heterocycles. The van der Waals surface area contributed by atoms with Crippen LogP contribution in [0.3, 0.4) is 0 Å². The van der Waals surface area contributed by atoms with Crippen LogP contribution in [0, 0.1) is 0 Å². The van der Waals surface area contributed by atoms with Crippen LogP contribution in [0.2, 0.25) is 6.55 Å². The second-order valence-electron chi connectivity index (χ2n) is 4.53. The van der Waals surface area contributed by atoms with Gasteiger partial charge in [0.1, 0.15) is 0 Å². The van der Waals surface area contributed by atoms with E-state index in [0.29, 0.717) is 6.61 Å². The molecule has 0 radical (unpaired) electrons. The van der Waals surface area contributed by atoms with E-state index in [-0.39, 0.29) is 0 Å². The number of thioether (sulfide) groups is 1. The summed E-state index contributed by atoms with van der Waals surface area (Å²) >= 11 is 1.81. The molecule has 4 heteroatoms. The molecular formula is C16H20O2SSi. The second kappa shape index (κ2) is 7.64. The van der Waals surface area contributed by atoms with Gasteiger partial charge in [-0.15, -0.1) is 11.8 Å². The topological polar surface area (TPSA) is 18.5 Å². The molecule has 0 bridgehead atoms. The molecule has 0 aliphatic heterocycles. The molecule has 0 N–H and O–H groups in total. The lowest BCUT2D eigenvalue weighted by molar-refractivity contribution is 0.231. The molecule has 20 heavy (non-hydrogen) atoms. The van der Waals surface area contributed by atoms with Gasteiger partial charge in [-0.2, -0.15) is 0 Å². The molecule has 2 rings (SSSR count). The monoisotopic (exact) mass is 304 g/mol. The average molecular weight is 304 g/mol. The molecule has 2 aromatic rings. The highest BCUT2D eigenvalue weighted by Crippen LogP contribution is 2.17. The fourth-order valence-electron chi connectivity index (χ4n) is 1.91. The number of benzene rings is 2. The Bertz CT molecular complexity index is 506. The Hall–Kier alpha value is -1.07. The molecule has 0 spiro atoms. The maximum atomic E-state index is 6.08. The lowest BCUT2D eigenvalue weighted by Gasteiger charge is -2.25. The number of hydrogen-bond acceptors (Lipinski definition) is 3. The maximum absolute atomic E-state index is 6.08. The van der Waals surface area contributed by atoms with E-state index < -0.39 is 8.56 Å². The Morgan fingerprint density at radius 2 is 1.55 bits per heavy atom. The average Bonchev–Trinajstić information content (AvgIpc) is 2.53. The molecule has 0 aliphatic rings. The Balaban J connectivity index is 1.85. The van der Waals surface area contributed by atoms with Crippen LogP contribution in [0.15, 0.2) is 65.6 Å². The van der Waals surface area contributed by atoms with E-state index in [1.165, 1.54) is 10.1 Å². The third kappa shape index (κ3) is 4.21. The third-order valence-corrected chi connectivity index (χ3v) is 7.05. The summed E-state index contributed by atoms with van der Waals surface area (Å²) in [4.78, 5) is 1.27. The summed E-state index contributed by atoms with van der Waals surface area (Å²) in [5.74, 6) is 0.933. The fraction of sp³-hybridized carbons (Fsp3) is 0.250. The molecule has 2 aromatic carbocycles. The van der Waals surface area contributed by atoms with Gasteiger partial charge in [0.25, 0.3) is 0 Å². The summed E-state index contributed by atoms with van der Waals surface area (Å²) in [5.41, 5.74) is 0. The van der Waals surface area contributed by atoms with Gasteiger partial charge in [-0.1, -0.05) is 48.5 Å². The molecule has 2 nitrogen and oxygen atoms in total. The highest BCUT2D eigenvalue weighted by atomic mass is 32.2. The first-order chi connectivity index (χ1) is 9.74. The molecule has 1 atom stereocenters. The highest BCUT2D eigenvalue weighted by molar-refractivity contribution is 7.99. The molecule has 1 unspecified atom stereocenters. The first-order valence-corrected chi connectivity index (χ1v) is 9.97. The second-order valence-corrected chi connectivity index (χ2v) is 8.86. The van der Waals surface area contributed by atoms with E-state index in [4.69, 9.17) is 8.85 Å². The van der Waals surface area contributed by atoms with E-state index in [2.05, 4.69) is 42.9 Å². The van der Waals surface area contributed by atoms with Crippen molar-refractivity contribution in [3.05, 3.63) is 60.7 Å². The summed E-state index contributed by atoms with van der Waals surface area (Å²) in [6.45, 7) is 2.79. The van der Waals surface area contributed by atoms with Crippen molar-refractivity contribution in [2.75, 3.05) is 19.5 Å². The van der Waals surface area contributed by atoms with Crippen LogP contribution >= 0.6 is 11.8 Å². The predicted molar refractivity (Wildman–Crippen MR) is 87.8 cm³/mol. The molecular weight excluding hydrogens is 284 g/mol. The highest BCUT2D eigenvalue weighted by Gasteiger charge is 2.32. The summed E-state index contributed by atoms with van der Waals surface area (Å²) in [7, 11) is -0.511. The molecule has 106 valence electrons. The Kier molecular flexibility index (Phi) is 5.85. The molecule has 0 aromatic heterocycles. The van der Waals surface area contributed by atoms with Crippen LogP contribution in [0.4, 0.5) is 0 Å². The standard InChI is InChI=1S/C16H20O2SSi/c1-17-20(2,16-11-7-4-8-12-16)18-13-14-19-15-9-5-3-6-10-15/h3-12H,13-14H2,1-2H3. The van der Waals surface area contributed by atoms with Crippen molar-refractivity contribution in [2.24, 2.45) is 0 Å². The van der Waals surface area contributed by atoms with Gasteiger partial charge in [-0.25, -0.2) is 0 Å². The van der Waals surface area contributed by atoms with Crippen LogP contribution in [0.25, 0.3) is 0 Å². The zero-order valence-corrected chi connectivity index (χ0v) is 13.7. The lowest BCUT2D eigenvalue weighted by atomic mass is 10.4. The zero-order chi connectivity index (χ0) is 14.3. The summed E-state index contributed by atoms with van der Waals surface area (Å²) in [6, 6.07) is 20.6. The van der Waals surface area contributed by atoms with Crippen molar-refractivity contribution < 1.29 is 8.85 Å². The normalized spacial score (nSPS) is 13.9. The van der Waals surface area contributed by atoms with Crippen LogP contribution in [-0.2, 0) is 8.85 Å². The summed E-state index contributed by atoms with van der Waals surface area (Å²) in [5, 5.41) is 1.17. The van der Waals surface area contributed by atoms with Gasteiger partial charge in [0.15, 0.2) is 0 Å². The molecule has 0 aliphatic carbocycles. The Morgan fingerprint density at radius 3 is 2.15 bits per heavy atom. The quantitative estimate of drug-likeness (QED) is 0.444. The van der Waals surface area contributed by atoms with Crippen LogP contribution in [0.5, 0.6) is 0 Å². The molecule has 0 saturated carbocycles. The van der Waals surface area contributed by atoms with Crippen molar-refractivity contribution in [3.8, 4) is 0 Å². The van der Waals surface area contributed by atoms with E-state index in [0.717, 1.165) is 5.75 Å². The SMILES string of the molecule is CO[Si](C)(OCCSc1ccccc1)c1ccccc1. The van der Waals surface area contributed by atoms with E-state index >= 15 is 0 Å². The molecule has 0 fully saturated rings. The predicted octanol–water partition coefficient (Wildman–Crippen LogP) is 3.42. The van der Waals surface area contributed by atoms with Gasteiger partial charge >= 0.3 is 8.56 Å². The minimum absolute atomic E-state index is 0.699. The first kappa shape index (κ1) is 15.3. The van der Waals surface area contributed by atoms with E-state index in [1.54, 1.807) is 7.11 Å². The molecule has 0 amide bonds. The van der Waals surface area contributed by atoms with E-state index in [1.807, 2.05) is 36.0 Å². The lowest BCUT2D eigenvalue weighted by Crippen LogP contribution is -2.50. The van der Waals surface area contributed by atoms with Gasteiger partial charge in [0.2, 0.25) is 0 Å². The summed E-state index contributed by atoms with van der Waals surface area (Å²) < 4.78 is 11.8. The minimum atomic E-state index is -2.25. The molecule has 0 saturated heterocycles. The number of hydrogen-bond donors (Lipinski definition) is 0. The maximum Gasteiger partial charge on any atom is 0.369 e. The van der Waals surface area contributed by atoms with Crippen LogP contribution < -0.4 is 5.19 Å². The van der Waals surface area contributed by atoms with Crippen molar-refractivity contribution in [1.29, 1.82) is 0 Å². The smallest absolute Gasteiger partial charge is 0.369 e. The largest absolute Gasteiger partial charge is 0.394 e. The minimum Gasteiger partial charge on any atom is -0.394 e. The van der Waals surface area contributed by atoms with Crippen molar-refractivity contribution in [3.63, 3.8) is 0 Å². The van der Waals surface area contributed by atoms with E-state index in [9.17, 15) is 0 Å². The third-order valence-electron chi connectivity index (χ3n) is 3.16. The fourth-order valence-corrected chi connectivity index (χ4v) is 4.62. The van der Waals surface area contributed by atoms with Crippen LogP contribution in [0.1, 0.15) is 0 Å². The van der Waals surface area contributed by atoms with Crippen LogP contribution in [-0.4, -0.2) is 28.0 Å². The van der Waals surface area contributed by atoms with Gasteiger partial charge in [-0.3, -0.25) is 0 Å².